The van der Waals surface area contributed by atoms with Gasteiger partial charge in [-0.15, -0.1) is 11.3 Å². The number of thiazole rings is 1. The molecule has 90 valence electrons. The number of aromatic nitrogens is 1. The molecule has 16 heavy (non-hydrogen) atoms. The van der Waals surface area contributed by atoms with Crippen LogP contribution in [-0.2, 0) is 4.79 Å². The van der Waals surface area contributed by atoms with Gasteiger partial charge in [0.15, 0.2) is 0 Å². The zero-order chi connectivity index (χ0) is 12.0. The molecular formula is C11H19N3OS. The molecule has 1 aromatic heterocycles. The molecule has 0 aromatic carbocycles. The second kappa shape index (κ2) is 6.60. The highest BCUT2D eigenvalue weighted by atomic mass is 32.1. The van der Waals surface area contributed by atoms with Crippen molar-refractivity contribution in [2.75, 3.05) is 6.54 Å². The van der Waals surface area contributed by atoms with Crippen LogP contribution in [0.25, 0.3) is 0 Å². The van der Waals surface area contributed by atoms with Crippen LogP contribution < -0.4 is 10.6 Å². The summed E-state index contributed by atoms with van der Waals surface area (Å²) in [7, 11) is 0. The fourth-order valence-electron chi connectivity index (χ4n) is 1.21. The van der Waals surface area contributed by atoms with Gasteiger partial charge >= 0.3 is 0 Å². The van der Waals surface area contributed by atoms with Crippen LogP contribution in [0.3, 0.4) is 0 Å². The predicted molar refractivity (Wildman–Crippen MR) is 66.4 cm³/mol. The monoisotopic (exact) mass is 241 g/mol. The van der Waals surface area contributed by atoms with Crippen LogP contribution >= 0.6 is 11.3 Å². The van der Waals surface area contributed by atoms with E-state index in [1.54, 1.807) is 17.5 Å². The quantitative estimate of drug-likeness (QED) is 0.797. The molecule has 0 fully saturated rings. The third-order valence-corrected chi connectivity index (χ3v) is 3.37. The highest BCUT2D eigenvalue weighted by molar-refractivity contribution is 7.09. The van der Waals surface area contributed by atoms with Crippen molar-refractivity contribution in [3.8, 4) is 0 Å². The first kappa shape index (κ1) is 13.1. The van der Waals surface area contributed by atoms with Crippen molar-refractivity contribution in [2.45, 2.75) is 39.3 Å². The summed E-state index contributed by atoms with van der Waals surface area (Å²) in [6.45, 7) is 6.40. The van der Waals surface area contributed by atoms with Gasteiger partial charge in [0.05, 0.1) is 12.6 Å². The Bertz CT molecular complexity index is 313. The van der Waals surface area contributed by atoms with Crippen molar-refractivity contribution in [1.82, 2.24) is 15.6 Å². The van der Waals surface area contributed by atoms with Gasteiger partial charge in [-0.05, 0) is 20.3 Å². The fourth-order valence-corrected chi connectivity index (χ4v) is 1.88. The maximum Gasteiger partial charge on any atom is 0.234 e. The molecule has 1 rings (SSSR count). The molecule has 0 aliphatic heterocycles. The number of amides is 1. The first-order valence-electron chi connectivity index (χ1n) is 5.55. The number of rotatable bonds is 6. The van der Waals surface area contributed by atoms with Crippen molar-refractivity contribution in [3.05, 3.63) is 16.6 Å². The van der Waals surface area contributed by atoms with E-state index in [1.165, 1.54) is 0 Å². The predicted octanol–water partition coefficient (Wildman–Crippen LogP) is 1.71. The van der Waals surface area contributed by atoms with E-state index in [9.17, 15) is 4.79 Å². The number of hydrogen-bond donors (Lipinski definition) is 2. The van der Waals surface area contributed by atoms with Crippen molar-refractivity contribution < 1.29 is 4.79 Å². The SMILES string of the molecule is CCC(C)NC(=O)CNC(C)c1nccs1. The number of carbonyl (C=O) groups is 1. The van der Waals surface area contributed by atoms with Gasteiger partial charge in [0.2, 0.25) is 5.91 Å². The molecule has 2 atom stereocenters. The minimum absolute atomic E-state index is 0.0396. The van der Waals surface area contributed by atoms with Crippen LogP contribution in [0, 0.1) is 0 Å². The first-order chi connectivity index (χ1) is 7.63. The van der Waals surface area contributed by atoms with Crippen LogP contribution in [-0.4, -0.2) is 23.5 Å². The lowest BCUT2D eigenvalue weighted by molar-refractivity contribution is -0.120. The summed E-state index contributed by atoms with van der Waals surface area (Å²) in [5, 5.41) is 9.01. The van der Waals surface area contributed by atoms with Crippen LogP contribution in [0.2, 0.25) is 0 Å². The van der Waals surface area contributed by atoms with E-state index in [0.717, 1.165) is 11.4 Å². The maximum atomic E-state index is 11.5. The summed E-state index contributed by atoms with van der Waals surface area (Å²) in [4.78, 5) is 15.7. The van der Waals surface area contributed by atoms with E-state index in [-0.39, 0.29) is 18.0 Å². The summed E-state index contributed by atoms with van der Waals surface area (Å²) in [6.07, 6.45) is 2.73. The Labute approximate surface area is 100 Å². The minimum atomic E-state index is 0.0396. The molecule has 1 amide bonds. The lowest BCUT2D eigenvalue weighted by Gasteiger charge is -2.14. The van der Waals surface area contributed by atoms with Crippen LogP contribution in [0.15, 0.2) is 11.6 Å². The second-order valence-electron chi connectivity index (χ2n) is 3.85. The van der Waals surface area contributed by atoms with E-state index >= 15 is 0 Å². The Kier molecular flexibility index (Phi) is 5.42. The molecule has 5 heteroatoms. The maximum absolute atomic E-state index is 11.5. The highest BCUT2D eigenvalue weighted by Gasteiger charge is 2.10. The number of nitrogens with one attached hydrogen (secondary N) is 2. The Hall–Kier alpha value is -0.940. The Morgan fingerprint density at radius 2 is 2.31 bits per heavy atom. The van der Waals surface area contributed by atoms with E-state index < -0.39 is 0 Å². The fraction of sp³-hybridized carbons (Fsp3) is 0.636. The lowest BCUT2D eigenvalue weighted by atomic mass is 10.2. The molecule has 2 unspecified atom stereocenters. The van der Waals surface area contributed by atoms with E-state index in [0.29, 0.717) is 6.54 Å². The molecule has 0 radical (unpaired) electrons. The number of nitrogens with zero attached hydrogens (tertiary/aromatic N) is 1. The van der Waals surface area contributed by atoms with Crippen molar-refractivity contribution in [3.63, 3.8) is 0 Å². The molecule has 0 aliphatic rings. The third kappa shape index (κ3) is 4.28. The summed E-state index contributed by atoms with van der Waals surface area (Å²) in [6, 6.07) is 0.368. The first-order valence-corrected chi connectivity index (χ1v) is 6.43. The average Bonchev–Trinajstić information content (AvgIpc) is 2.79. The number of hydrogen-bond acceptors (Lipinski definition) is 4. The summed E-state index contributed by atoms with van der Waals surface area (Å²) >= 11 is 1.60. The summed E-state index contributed by atoms with van der Waals surface area (Å²) in [5.41, 5.74) is 0. The molecule has 1 heterocycles. The van der Waals surface area contributed by atoms with Crippen molar-refractivity contribution in [1.29, 1.82) is 0 Å². The Morgan fingerprint density at radius 3 is 2.88 bits per heavy atom. The van der Waals surface area contributed by atoms with Gasteiger partial charge in [0.1, 0.15) is 5.01 Å². The Morgan fingerprint density at radius 1 is 1.56 bits per heavy atom. The molecule has 0 spiro atoms. The molecule has 0 aliphatic carbocycles. The normalized spacial score (nSPS) is 14.4. The average molecular weight is 241 g/mol. The second-order valence-corrected chi connectivity index (χ2v) is 4.78. The number of carbonyl (C=O) groups excluding carboxylic acids is 1. The Balaban J connectivity index is 2.26. The summed E-state index contributed by atoms with van der Waals surface area (Å²) in [5.74, 6) is 0.0396. The van der Waals surface area contributed by atoms with Crippen LogP contribution in [0.1, 0.15) is 38.2 Å². The van der Waals surface area contributed by atoms with Gasteiger partial charge < -0.3 is 5.32 Å². The van der Waals surface area contributed by atoms with Crippen LogP contribution in [0.5, 0.6) is 0 Å². The van der Waals surface area contributed by atoms with Gasteiger partial charge in [0.25, 0.3) is 0 Å². The summed E-state index contributed by atoms with van der Waals surface area (Å²) < 4.78 is 0. The van der Waals surface area contributed by atoms with E-state index in [2.05, 4.69) is 22.5 Å². The van der Waals surface area contributed by atoms with Gasteiger partial charge in [-0.25, -0.2) is 4.98 Å². The van der Waals surface area contributed by atoms with Gasteiger partial charge in [-0.3, -0.25) is 10.1 Å². The van der Waals surface area contributed by atoms with Crippen molar-refractivity contribution >= 4 is 17.2 Å². The molecule has 2 N–H and O–H groups in total. The zero-order valence-corrected chi connectivity index (χ0v) is 10.8. The third-order valence-electron chi connectivity index (χ3n) is 2.41. The molecule has 0 saturated carbocycles. The topological polar surface area (TPSA) is 54.0 Å². The standard InChI is InChI=1S/C11H19N3OS/c1-4-8(2)14-10(15)7-13-9(3)11-12-5-6-16-11/h5-6,8-9,13H,4,7H2,1-3H3,(H,14,15). The zero-order valence-electron chi connectivity index (χ0n) is 9.99. The van der Waals surface area contributed by atoms with Crippen molar-refractivity contribution in [2.24, 2.45) is 0 Å². The lowest BCUT2D eigenvalue weighted by Crippen LogP contribution is -2.39. The van der Waals surface area contributed by atoms with E-state index in [1.807, 2.05) is 19.2 Å². The minimum Gasteiger partial charge on any atom is -0.353 e. The molecule has 0 bridgehead atoms. The largest absolute Gasteiger partial charge is 0.353 e. The smallest absolute Gasteiger partial charge is 0.234 e. The van der Waals surface area contributed by atoms with Gasteiger partial charge in [-0.1, -0.05) is 6.92 Å². The van der Waals surface area contributed by atoms with Gasteiger partial charge in [0, 0.05) is 17.6 Å². The molecule has 0 saturated heterocycles. The molecular weight excluding hydrogens is 222 g/mol. The van der Waals surface area contributed by atoms with Gasteiger partial charge in [-0.2, -0.15) is 0 Å². The molecule has 4 nitrogen and oxygen atoms in total. The molecule has 1 aromatic rings. The highest BCUT2D eigenvalue weighted by Crippen LogP contribution is 2.13. The van der Waals surface area contributed by atoms with E-state index in [4.69, 9.17) is 0 Å². The van der Waals surface area contributed by atoms with Crippen LogP contribution in [0.4, 0.5) is 0 Å².